The Hall–Kier alpha value is -2.96. The van der Waals surface area contributed by atoms with Crippen LogP contribution < -0.4 is 5.32 Å². The van der Waals surface area contributed by atoms with Gasteiger partial charge >= 0.3 is 0 Å². The summed E-state index contributed by atoms with van der Waals surface area (Å²) in [5.41, 5.74) is 4.76. The molecule has 3 aromatic rings. The molecule has 156 valence electrons. The fourth-order valence-corrected chi connectivity index (χ4v) is 3.65. The van der Waals surface area contributed by atoms with Crippen molar-refractivity contribution >= 4 is 5.91 Å². The Morgan fingerprint density at radius 1 is 1.03 bits per heavy atom. The quantitative estimate of drug-likeness (QED) is 0.676. The first-order valence-electron chi connectivity index (χ1n) is 10.3. The van der Waals surface area contributed by atoms with Crippen molar-refractivity contribution in [3.63, 3.8) is 0 Å². The van der Waals surface area contributed by atoms with Crippen LogP contribution in [0.2, 0.25) is 0 Å². The zero-order chi connectivity index (χ0) is 20.9. The number of carbonyl (C=O) groups excluding carboxylic acids is 1. The van der Waals surface area contributed by atoms with Crippen LogP contribution in [0.1, 0.15) is 33.2 Å². The molecule has 0 radical (unpaired) electrons. The molecule has 1 aromatic heterocycles. The Bertz CT molecular complexity index is 974. The van der Waals surface area contributed by atoms with E-state index in [1.165, 1.54) is 16.7 Å². The van der Waals surface area contributed by atoms with Crippen molar-refractivity contribution in [2.75, 3.05) is 32.8 Å². The lowest BCUT2D eigenvalue weighted by Crippen LogP contribution is -2.43. The molecule has 0 bridgehead atoms. The molecule has 6 nitrogen and oxygen atoms in total. The number of aromatic nitrogens is 1. The van der Waals surface area contributed by atoms with Crippen LogP contribution in [0.25, 0.3) is 11.3 Å². The van der Waals surface area contributed by atoms with Gasteiger partial charge in [-0.15, -0.1) is 0 Å². The highest BCUT2D eigenvalue weighted by Crippen LogP contribution is 2.23. The van der Waals surface area contributed by atoms with Gasteiger partial charge in [-0.1, -0.05) is 64.8 Å². The summed E-state index contributed by atoms with van der Waals surface area (Å²) in [7, 11) is 0. The second-order valence-electron chi connectivity index (χ2n) is 7.73. The molecule has 2 aromatic carbocycles. The summed E-state index contributed by atoms with van der Waals surface area (Å²) >= 11 is 0. The van der Waals surface area contributed by atoms with Crippen LogP contribution in [-0.4, -0.2) is 48.8 Å². The monoisotopic (exact) mass is 405 g/mol. The smallest absolute Gasteiger partial charge is 0.273 e. The predicted octanol–water partition coefficient (Wildman–Crippen LogP) is 3.76. The summed E-state index contributed by atoms with van der Waals surface area (Å²) in [6, 6.07) is 18.2. The SMILES string of the molecule is Cc1ccc(-c2cc(C(=O)NC[C@H](c3ccc(C)cc3)N3CCOCC3)no2)cc1. The molecule has 1 aliphatic heterocycles. The van der Waals surface area contributed by atoms with E-state index in [-0.39, 0.29) is 17.6 Å². The lowest BCUT2D eigenvalue weighted by atomic mass is 10.0. The van der Waals surface area contributed by atoms with Gasteiger partial charge in [0.05, 0.1) is 19.3 Å². The molecule has 0 aliphatic carbocycles. The highest BCUT2D eigenvalue weighted by atomic mass is 16.5. The van der Waals surface area contributed by atoms with Crippen LogP contribution in [0.4, 0.5) is 0 Å². The number of hydrogen-bond acceptors (Lipinski definition) is 5. The number of benzene rings is 2. The molecule has 0 spiro atoms. The van der Waals surface area contributed by atoms with Gasteiger partial charge in [-0.25, -0.2) is 0 Å². The predicted molar refractivity (Wildman–Crippen MR) is 115 cm³/mol. The number of rotatable bonds is 6. The van der Waals surface area contributed by atoms with Gasteiger partial charge < -0.3 is 14.6 Å². The number of nitrogens with one attached hydrogen (secondary N) is 1. The van der Waals surface area contributed by atoms with Gasteiger partial charge in [0, 0.05) is 31.3 Å². The van der Waals surface area contributed by atoms with Gasteiger partial charge in [0.2, 0.25) is 0 Å². The van der Waals surface area contributed by atoms with Crippen molar-refractivity contribution in [2.45, 2.75) is 19.9 Å². The third-order valence-corrected chi connectivity index (χ3v) is 5.48. The second-order valence-corrected chi connectivity index (χ2v) is 7.73. The van der Waals surface area contributed by atoms with Crippen molar-refractivity contribution in [3.05, 3.63) is 77.0 Å². The zero-order valence-corrected chi connectivity index (χ0v) is 17.4. The summed E-state index contributed by atoms with van der Waals surface area (Å²) in [4.78, 5) is 15.1. The van der Waals surface area contributed by atoms with Crippen molar-refractivity contribution in [3.8, 4) is 11.3 Å². The molecule has 0 saturated carbocycles. The van der Waals surface area contributed by atoms with Crippen LogP contribution in [0.15, 0.2) is 59.1 Å². The van der Waals surface area contributed by atoms with Crippen LogP contribution in [0.3, 0.4) is 0 Å². The van der Waals surface area contributed by atoms with E-state index in [9.17, 15) is 4.79 Å². The number of amides is 1. The van der Waals surface area contributed by atoms with Gasteiger partial charge in [0.1, 0.15) is 0 Å². The van der Waals surface area contributed by atoms with Crippen molar-refractivity contribution < 1.29 is 14.1 Å². The first kappa shape index (κ1) is 20.3. The van der Waals surface area contributed by atoms with Gasteiger partial charge in [-0.2, -0.15) is 0 Å². The minimum atomic E-state index is -0.234. The third-order valence-electron chi connectivity index (χ3n) is 5.48. The Kier molecular flexibility index (Phi) is 6.26. The first-order valence-corrected chi connectivity index (χ1v) is 10.3. The molecule has 6 heteroatoms. The third kappa shape index (κ3) is 4.78. The van der Waals surface area contributed by atoms with E-state index < -0.39 is 0 Å². The van der Waals surface area contributed by atoms with Crippen LogP contribution >= 0.6 is 0 Å². The molecule has 1 aliphatic rings. The Morgan fingerprint density at radius 3 is 2.33 bits per heavy atom. The summed E-state index contributed by atoms with van der Waals surface area (Å²) in [6.45, 7) is 7.70. The standard InChI is InChI=1S/C24H27N3O3/c1-17-3-7-19(8-4-17)22(27-11-13-29-14-12-27)16-25-24(28)21-15-23(30-26-21)20-9-5-18(2)6-10-20/h3-10,15,22H,11-14,16H2,1-2H3,(H,25,28)/t22-/m1/s1. The number of nitrogens with zero attached hydrogens (tertiary/aromatic N) is 2. The molecule has 0 unspecified atom stereocenters. The van der Waals surface area contributed by atoms with E-state index in [1.807, 2.05) is 31.2 Å². The highest BCUT2D eigenvalue weighted by molar-refractivity contribution is 5.93. The molecular formula is C24H27N3O3. The van der Waals surface area contributed by atoms with Crippen molar-refractivity contribution in [2.24, 2.45) is 0 Å². The van der Waals surface area contributed by atoms with Gasteiger partial charge in [0.15, 0.2) is 11.5 Å². The lowest BCUT2D eigenvalue weighted by Gasteiger charge is -2.35. The van der Waals surface area contributed by atoms with E-state index in [1.54, 1.807) is 6.07 Å². The van der Waals surface area contributed by atoms with E-state index in [4.69, 9.17) is 9.26 Å². The maximum Gasteiger partial charge on any atom is 0.273 e. The van der Waals surface area contributed by atoms with Crippen LogP contribution in [0, 0.1) is 13.8 Å². The molecular weight excluding hydrogens is 378 g/mol. The van der Waals surface area contributed by atoms with E-state index in [0.717, 1.165) is 18.7 Å². The van der Waals surface area contributed by atoms with E-state index >= 15 is 0 Å². The zero-order valence-electron chi connectivity index (χ0n) is 17.4. The van der Waals surface area contributed by atoms with Crippen molar-refractivity contribution in [1.29, 1.82) is 0 Å². The molecule has 1 fully saturated rings. The lowest BCUT2D eigenvalue weighted by molar-refractivity contribution is 0.0162. The number of ether oxygens (including phenoxy) is 1. The number of carbonyl (C=O) groups is 1. The van der Waals surface area contributed by atoms with Gasteiger partial charge in [-0.05, 0) is 19.4 Å². The van der Waals surface area contributed by atoms with Gasteiger partial charge in [0.25, 0.3) is 5.91 Å². The van der Waals surface area contributed by atoms with Crippen LogP contribution in [-0.2, 0) is 4.74 Å². The topological polar surface area (TPSA) is 67.6 Å². The fourth-order valence-electron chi connectivity index (χ4n) is 3.65. The average molecular weight is 405 g/mol. The molecule has 1 N–H and O–H groups in total. The summed E-state index contributed by atoms with van der Waals surface area (Å²) in [5.74, 6) is 0.353. The number of hydrogen-bond donors (Lipinski definition) is 1. The summed E-state index contributed by atoms with van der Waals surface area (Å²) in [6.07, 6.45) is 0. The molecule has 30 heavy (non-hydrogen) atoms. The number of morpholine rings is 1. The van der Waals surface area contributed by atoms with E-state index in [0.29, 0.717) is 25.5 Å². The minimum absolute atomic E-state index is 0.0851. The summed E-state index contributed by atoms with van der Waals surface area (Å²) < 4.78 is 10.9. The molecule has 1 saturated heterocycles. The first-order chi connectivity index (χ1) is 14.6. The maximum atomic E-state index is 12.7. The molecule has 1 atom stereocenters. The molecule has 2 heterocycles. The number of aryl methyl sites for hydroxylation is 2. The highest BCUT2D eigenvalue weighted by Gasteiger charge is 2.24. The van der Waals surface area contributed by atoms with E-state index in [2.05, 4.69) is 46.6 Å². The second kappa shape index (κ2) is 9.24. The maximum absolute atomic E-state index is 12.7. The minimum Gasteiger partial charge on any atom is -0.379 e. The summed E-state index contributed by atoms with van der Waals surface area (Å²) in [5, 5.41) is 7.01. The largest absolute Gasteiger partial charge is 0.379 e. The molecule has 4 rings (SSSR count). The van der Waals surface area contributed by atoms with Crippen LogP contribution in [0.5, 0.6) is 0 Å². The Balaban J connectivity index is 1.45. The molecule has 1 amide bonds. The Morgan fingerprint density at radius 2 is 1.67 bits per heavy atom. The van der Waals surface area contributed by atoms with Gasteiger partial charge in [-0.3, -0.25) is 9.69 Å². The Labute approximate surface area is 176 Å². The van der Waals surface area contributed by atoms with Crippen molar-refractivity contribution in [1.82, 2.24) is 15.4 Å². The normalized spacial score (nSPS) is 15.7. The average Bonchev–Trinajstić information content (AvgIpc) is 3.27. The fraction of sp³-hybridized carbons (Fsp3) is 0.333.